The minimum atomic E-state index is 0.0547. The minimum Gasteiger partial charge on any atom is -0.295 e. The zero-order valence-electron chi connectivity index (χ0n) is 13.0. The molecule has 0 spiro atoms. The highest BCUT2D eigenvalue weighted by Gasteiger charge is 2.12. The lowest BCUT2D eigenvalue weighted by atomic mass is 10.1. The fourth-order valence-electron chi connectivity index (χ4n) is 2.74. The van der Waals surface area contributed by atoms with Gasteiger partial charge in [-0.2, -0.15) is 0 Å². The molecule has 3 rings (SSSR count). The monoisotopic (exact) mass is 292 g/mol. The van der Waals surface area contributed by atoms with Crippen LogP contribution >= 0.6 is 0 Å². The van der Waals surface area contributed by atoms with E-state index in [1.54, 1.807) is 4.68 Å². The second-order valence-electron chi connectivity index (χ2n) is 5.68. The summed E-state index contributed by atoms with van der Waals surface area (Å²) in [6.07, 6.45) is 1.63. The smallest absolute Gasteiger partial charge is 0.274 e. The Morgan fingerprint density at radius 1 is 0.955 bits per heavy atom. The van der Waals surface area contributed by atoms with E-state index in [-0.39, 0.29) is 5.56 Å². The van der Waals surface area contributed by atoms with Crippen LogP contribution in [0.5, 0.6) is 0 Å². The quantitative estimate of drug-likeness (QED) is 0.784. The van der Waals surface area contributed by atoms with Crippen molar-refractivity contribution in [2.75, 3.05) is 0 Å². The van der Waals surface area contributed by atoms with E-state index in [1.165, 1.54) is 5.56 Å². The Bertz CT molecular complexity index is 828. The van der Waals surface area contributed by atoms with Crippen LogP contribution < -0.4 is 5.56 Å². The molecule has 0 aliphatic heterocycles. The van der Waals surface area contributed by atoms with Crippen LogP contribution in [0, 0.1) is 13.8 Å². The summed E-state index contributed by atoms with van der Waals surface area (Å²) in [6.45, 7) is 3.99. The number of rotatable bonds is 4. The maximum atomic E-state index is 12.7. The first-order chi connectivity index (χ1) is 10.6. The zero-order valence-corrected chi connectivity index (χ0v) is 13.0. The molecule has 112 valence electrons. The Hall–Kier alpha value is -2.55. The zero-order chi connectivity index (χ0) is 15.5. The number of nitrogens with zero attached hydrogens (tertiary/aromatic N) is 1. The number of H-pyrrole nitrogens is 1. The summed E-state index contributed by atoms with van der Waals surface area (Å²) in [5.74, 6) is 0. The second kappa shape index (κ2) is 6.06. The van der Waals surface area contributed by atoms with Crippen molar-refractivity contribution in [1.82, 2.24) is 9.78 Å². The van der Waals surface area contributed by atoms with Gasteiger partial charge in [0.15, 0.2) is 0 Å². The summed E-state index contributed by atoms with van der Waals surface area (Å²) in [4.78, 5) is 12.7. The average Bonchev–Trinajstić information content (AvgIpc) is 2.81. The van der Waals surface area contributed by atoms with Crippen molar-refractivity contribution in [3.8, 4) is 5.69 Å². The van der Waals surface area contributed by atoms with Crippen molar-refractivity contribution < 1.29 is 0 Å². The molecule has 1 heterocycles. The number of hydrogen-bond acceptors (Lipinski definition) is 1. The van der Waals surface area contributed by atoms with Crippen LogP contribution in [0.25, 0.3) is 5.69 Å². The third-order valence-corrected chi connectivity index (χ3v) is 3.96. The summed E-state index contributed by atoms with van der Waals surface area (Å²) in [7, 11) is 0. The van der Waals surface area contributed by atoms with E-state index >= 15 is 0 Å². The van der Waals surface area contributed by atoms with Gasteiger partial charge in [0.25, 0.3) is 5.56 Å². The summed E-state index contributed by atoms with van der Waals surface area (Å²) in [5.41, 5.74) is 5.15. The predicted octanol–water partition coefficient (Wildman–Crippen LogP) is 3.57. The van der Waals surface area contributed by atoms with Gasteiger partial charge in [0, 0.05) is 11.3 Å². The lowest BCUT2D eigenvalue weighted by Crippen LogP contribution is -2.17. The van der Waals surface area contributed by atoms with E-state index in [9.17, 15) is 4.79 Å². The Kier molecular flexibility index (Phi) is 3.96. The molecule has 22 heavy (non-hydrogen) atoms. The van der Waals surface area contributed by atoms with Gasteiger partial charge >= 0.3 is 0 Å². The molecule has 0 fully saturated rings. The molecule has 0 saturated heterocycles. The first-order valence-electron chi connectivity index (χ1n) is 7.56. The molecule has 3 aromatic rings. The molecule has 0 aliphatic rings. The molecule has 1 N–H and O–H groups in total. The van der Waals surface area contributed by atoms with Gasteiger partial charge in [-0.1, -0.05) is 42.5 Å². The number of aryl methyl sites for hydroxylation is 3. The minimum absolute atomic E-state index is 0.0547. The van der Waals surface area contributed by atoms with Gasteiger partial charge in [0.1, 0.15) is 0 Å². The Morgan fingerprint density at radius 2 is 1.73 bits per heavy atom. The summed E-state index contributed by atoms with van der Waals surface area (Å²) < 4.78 is 1.64. The van der Waals surface area contributed by atoms with Gasteiger partial charge in [-0.15, -0.1) is 0 Å². The third-order valence-electron chi connectivity index (χ3n) is 3.96. The Balaban J connectivity index is 1.89. The normalized spacial score (nSPS) is 10.8. The number of benzene rings is 2. The van der Waals surface area contributed by atoms with E-state index in [0.717, 1.165) is 35.3 Å². The second-order valence-corrected chi connectivity index (χ2v) is 5.68. The summed E-state index contributed by atoms with van der Waals surface area (Å²) >= 11 is 0. The highest BCUT2D eigenvalue weighted by Crippen LogP contribution is 2.11. The van der Waals surface area contributed by atoms with Crippen LogP contribution in [-0.4, -0.2) is 9.78 Å². The SMILES string of the molecule is Cc1cccc(-n2[nH]c(C)c(CCc3ccccc3)c2=O)c1. The standard InChI is InChI=1S/C19H20N2O/c1-14-7-6-10-17(13-14)21-19(22)18(15(2)20-21)12-11-16-8-4-3-5-9-16/h3-10,13,20H,11-12H2,1-2H3. The van der Waals surface area contributed by atoms with Crippen molar-refractivity contribution in [2.24, 2.45) is 0 Å². The molecule has 0 atom stereocenters. The first kappa shape index (κ1) is 14.4. The van der Waals surface area contributed by atoms with E-state index in [1.807, 2.05) is 56.3 Å². The molecule has 0 unspecified atom stereocenters. The van der Waals surface area contributed by atoms with Gasteiger partial charge in [0.05, 0.1) is 5.69 Å². The number of aromatic nitrogens is 2. The van der Waals surface area contributed by atoms with Gasteiger partial charge in [-0.05, 0) is 49.9 Å². The maximum absolute atomic E-state index is 12.7. The van der Waals surface area contributed by atoms with Crippen LogP contribution in [-0.2, 0) is 12.8 Å². The van der Waals surface area contributed by atoms with Crippen LogP contribution in [0.2, 0.25) is 0 Å². The highest BCUT2D eigenvalue weighted by atomic mass is 16.1. The lowest BCUT2D eigenvalue weighted by molar-refractivity contribution is 0.832. The molecule has 0 radical (unpaired) electrons. The van der Waals surface area contributed by atoms with E-state index in [0.29, 0.717) is 0 Å². The van der Waals surface area contributed by atoms with Crippen LogP contribution in [0.3, 0.4) is 0 Å². The molecule has 3 nitrogen and oxygen atoms in total. The third kappa shape index (κ3) is 2.89. The van der Waals surface area contributed by atoms with Crippen LogP contribution in [0.15, 0.2) is 59.4 Å². The van der Waals surface area contributed by atoms with Gasteiger partial charge in [-0.3, -0.25) is 9.89 Å². The topological polar surface area (TPSA) is 37.8 Å². The fraction of sp³-hybridized carbons (Fsp3) is 0.211. The molecule has 3 heteroatoms. The lowest BCUT2D eigenvalue weighted by Gasteiger charge is -2.02. The Morgan fingerprint density at radius 3 is 2.45 bits per heavy atom. The average molecular weight is 292 g/mol. The molecule has 0 bridgehead atoms. The first-order valence-corrected chi connectivity index (χ1v) is 7.56. The number of aromatic amines is 1. The molecule has 0 amide bonds. The highest BCUT2D eigenvalue weighted by molar-refractivity contribution is 5.36. The van der Waals surface area contributed by atoms with Crippen LogP contribution in [0.4, 0.5) is 0 Å². The van der Waals surface area contributed by atoms with Gasteiger partial charge < -0.3 is 0 Å². The predicted molar refractivity (Wildman–Crippen MR) is 89.7 cm³/mol. The van der Waals surface area contributed by atoms with Gasteiger partial charge in [-0.25, -0.2) is 4.68 Å². The van der Waals surface area contributed by atoms with E-state index in [4.69, 9.17) is 0 Å². The Labute approximate surface area is 130 Å². The maximum Gasteiger partial charge on any atom is 0.274 e. The summed E-state index contributed by atoms with van der Waals surface area (Å²) in [5, 5.41) is 3.20. The largest absolute Gasteiger partial charge is 0.295 e. The molecular weight excluding hydrogens is 272 g/mol. The summed E-state index contributed by atoms with van der Waals surface area (Å²) in [6, 6.07) is 18.2. The van der Waals surface area contributed by atoms with Crippen molar-refractivity contribution in [3.63, 3.8) is 0 Å². The van der Waals surface area contributed by atoms with Crippen LogP contribution in [0.1, 0.15) is 22.4 Å². The van der Waals surface area contributed by atoms with Crippen molar-refractivity contribution >= 4 is 0 Å². The molecular formula is C19H20N2O. The van der Waals surface area contributed by atoms with Crippen molar-refractivity contribution in [1.29, 1.82) is 0 Å². The molecule has 2 aromatic carbocycles. The number of hydrogen-bond donors (Lipinski definition) is 1. The van der Waals surface area contributed by atoms with Crippen molar-refractivity contribution in [2.45, 2.75) is 26.7 Å². The molecule has 1 aromatic heterocycles. The number of nitrogens with one attached hydrogen (secondary N) is 1. The van der Waals surface area contributed by atoms with Crippen molar-refractivity contribution in [3.05, 3.63) is 87.3 Å². The van der Waals surface area contributed by atoms with E-state index in [2.05, 4.69) is 17.2 Å². The molecule has 0 aliphatic carbocycles. The van der Waals surface area contributed by atoms with E-state index < -0.39 is 0 Å². The van der Waals surface area contributed by atoms with Gasteiger partial charge in [0.2, 0.25) is 0 Å². The fourth-order valence-corrected chi connectivity index (χ4v) is 2.74. The molecule has 0 saturated carbocycles.